The molecule has 2 aromatic heterocycles. The van der Waals surface area contributed by atoms with E-state index in [0.29, 0.717) is 17.2 Å². The number of hydrogen-bond acceptors (Lipinski definition) is 4. The highest BCUT2D eigenvalue weighted by atomic mass is 19.3. The van der Waals surface area contributed by atoms with Gasteiger partial charge in [-0.2, -0.15) is 0 Å². The van der Waals surface area contributed by atoms with Gasteiger partial charge in [0, 0.05) is 29.0 Å². The molecule has 4 aromatic rings. The first kappa shape index (κ1) is 20.3. The molecule has 0 saturated heterocycles. The summed E-state index contributed by atoms with van der Waals surface area (Å²) >= 11 is 0. The molecule has 0 aliphatic rings. The smallest absolute Gasteiger partial charge is 0.280 e. The minimum Gasteiger partial charge on any atom is -0.481 e. The Morgan fingerprint density at radius 2 is 1.52 bits per heavy atom. The van der Waals surface area contributed by atoms with Crippen LogP contribution in [0.1, 0.15) is 23.2 Å². The average Bonchev–Trinajstić information content (AvgIpc) is 2.83. The number of methoxy groups -OCH3 is 1. The number of rotatable bonds is 6. The van der Waals surface area contributed by atoms with E-state index in [9.17, 15) is 8.78 Å². The van der Waals surface area contributed by atoms with E-state index < -0.39 is 6.43 Å². The minimum atomic E-state index is -2.70. The standard InChI is InChI=1S/C25H19F2N3O/c1-31-22-16-19(14-15-28-22)20-12-13-21(24(26)27)29-25(20)30-23(17-8-4-2-5-9-17)18-10-6-3-7-11-18/h2-16,24H,1H3. The summed E-state index contributed by atoms with van der Waals surface area (Å²) in [6.45, 7) is 0. The Balaban J connectivity index is 1.95. The van der Waals surface area contributed by atoms with Gasteiger partial charge in [0.2, 0.25) is 5.88 Å². The molecule has 0 atom stereocenters. The highest BCUT2D eigenvalue weighted by Crippen LogP contribution is 2.33. The van der Waals surface area contributed by atoms with Crippen molar-refractivity contribution in [2.24, 2.45) is 4.99 Å². The molecule has 0 N–H and O–H groups in total. The van der Waals surface area contributed by atoms with Crippen molar-refractivity contribution in [1.29, 1.82) is 0 Å². The van der Waals surface area contributed by atoms with Crippen LogP contribution in [0.2, 0.25) is 0 Å². The van der Waals surface area contributed by atoms with Crippen molar-refractivity contribution in [2.45, 2.75) is 6.43 Å². The lowest BCUT2D eigenvalue weighted by atomic mass is 10.0. The second-order valence-electron chi connectivity index (χ2n) is 6.69. The third kappa shape index (κ3) is 4.64. The van der Waals surface area contributed by atoms with E-state index in [1.807, 2.05) is 60.7 Å². The number of nitrogens with zero attached hydrogens (tertiary/aromatic N) is 3. The molecule has 0 radical (unpaired) electrons. The van der Waals surface area contributed by atoms with E-state index in [2.05, 4.69) is 9.97 Å². The van der Waals surface area contributed by atoms with Crippen LogP contribution >= 0.6 is 0 Å². The molecule has 31 heavy (non-hydrogen) atoms. The monoisotopic (exact) mass is 415 g/mol. The van der Waals surface area contributed by atoms with Crippen LogP contribution in [0.5, 0.6) is 5.88 Å². The zero-order valence-corrected chi connectivity index (χ0v) is 16.7. The Morgan fingerprint density at radius 1 is 0.871 bits per heavy atom. The van der Waals surface area contributed by atoms with Crippen LogP contribution in [0, 0.1) is 0 Å². The van der Waals surface area contributed by atoms with Crippen molar-refractivity contribution < 1.29 is 13.5 Å². The van der Waals surface area contributed by atoms with Gasteiger partial charge in [-0.3, -0.25) is 0 Å². The molecule has 2 aromatic carbocycles. The quantitative estimate of drug-likeness (QED) is 0.349. The molecule has 154 valence electrons. The summed E-state index contributed by atoms with van der Waals surface area (Å²) in [5.41, 5.74) is 3.35. The molecule has 0 amide bonds. The second kappa shape index (κ2) is 9.26. The maximum Gasteiger partial charge on any atom is 0.280 e. The molecule has 4 nitrogen and oxygen atoms in total. The van der Waals surface area contributed by atoms with Gasteiger partial charge in [0.05, 0.1) is 12.8 Å². The van der Waals surface area contributed by atoms with Crippen molar-refractivity contribution in [3.63, 3.8) is 0 Å². The molecule has 0 spiro atoms. The average molecular weight is 415 g/mol. The first-order chi connectivity index (χ1) is 15.2. The van der Waals surface area contributed by atoms with Crippen LogP contribution in [0.25, 0.3) is 11.1 Å². The fourth-order valence-corrected chi connectivity index (χ4v) is 3.18. The van der Waals surface area contributed by atoms with Crippen LogP contribution < -0.4 is 4.74 Å². The van der Waals surface area contributed by atoms with Crippen molar-refractivity contribution in [3.8, 4) is 17.0 Å². The highest BCUT2D eigenvalue weighted by Gasteiger charge is 2.16. The van der Waals surface area contributed by atoms with Gasteiger partial charge >= 0.3 is 0 Å². The summed E-state index contributed by atoms with van der Waals surface area (Å²) < 4.78 is 32.1. The third-order valence-corrected chi connectivity index (χ3v) is 4.69. The van der Waals surface area contributed by atoms with E-state index in [1.165, 1.54) is 13.2 Å². The number of benzene rings is 2. The summed E-state index contributed by atoms with van der Waals surface area (Å²) in [5.74, 6) is 0.616. The number of aliphatic imine (C=N–C) groups is 1. The minimum absolute atomic E-state index is 0.203. The zero-order chi connectivity index (χ0) is 21.6. The first-order valence-corrected chi connectivity index (χ1v) is 9.65. The normalized spacial score (nSPS) is 10.7. The fourth-order valence-electron chi connectivity index (χ4n) is 3.18. The van der Waals surface area contributed by atoms with E-state index in [-0.39, 0.29) is 11.5 Å². The van der Waals surface area contributed by atoms with E-state index in [0.717, 1.165) is 16.7 Å². The highest BCUT2D eigenvalue weighted by molar-refractivity contribution is 6.14. The lowest BCUT2D eigenvalue weighted by molar-refractivity contribution is 0.146. The SMILES string of the molecule is COc1cc(-c2ccc(C(F)F)nc2N=C(c2ccccc2)c2ccccc2)ccn1. The van der Waals surface area contributed by atoms with Crippen LogP contribution in [-0.2, 0) is 0 Å². The van der Waals surface area contributed by atoms with Crippen molar-refractivity contribution in [3.05, 3.63) is 108 Å². The largest absolute Gasteiger partial charge is 0.481 e. The van der Waals surface area contributed by atoms with E-state index in [1.54, 1.807) is 24.4 Å². The molecule has 0 aliphatic heterocycles. The second-order valence-corrected chi connectivity index (χ2v) is 6.69. The molecule has 0 aliphatic carbocycles. The fraction of sp³-hybridized carbons (Fsp3) is 0.0800. The van der Waals surface area contributed by atoms with Crippen molar-refractivity contribution >= 4 is 11.5 Å². The van der Waals surface area contributed by atoms with E-state index in [4.69, 9.17) is 9.73 Å². The Hall–Kier alpha value is -3.93. The van der Waals surface area contributed by atoms with Gasteiger partial charge in [-0.1, -0.05) is 60.7 Å². The molecule has 0 bridgehead atoms. The maximum atomic E-state index is 13.4. The predicted octanol–water partition coefficient (Wildman–Crippen LogP) is 6.26. The lowest BCUT2D eigenvalue weighted by Crippen LogP contribution is -2.04. The number of aromatic nitrogens is 2. The zero-order valence-electron chi connectivity index (χ0n) is 16.7. The van der Waals surface area contributed by atoms with Crippen molar-refractivity contribution in [2.75, 3.05) is 7.11 Å². The molecule has 0 saturated carbocycles. The molecular formula is C25H19F2N3O. The van der Waals surface area contributed by atoms with Crippen LogP contribution in [-0.4, -0.2) is 22.8 Å². The van der Waals surface area contributed by atoms with Gasteiger partial charge < -0.3 is 4.74 Å². The summed E-state index contributed by atoms with van der Waals surface area (Å²) in [6, 6.07) is 25.6. The maximum absolute atomic E-state index is 13.4. The summed E-state index contributed by atoms with van der Waals surface area (Å²) in [4.78, 5) is 13.1. The van der Waals surface area contributed by atoms with Crippen LogP contribution in [0.3, 0.4) is 0 Å². The lowest BCUT2D eigenvalue weighted by Gasteiger charge is -2.12. The molecule has 2 heterocycles. The van der Waals surface area contributed by atoms with Gasteiger partial charge in [0.1, 0.15) is 5.69 Å². The van der Waals surface area contributed by atoms with Crippen LogP contribution in [0.4, 0.5) is 14.6 Å². The Labute approximate surface area is 178 Å². The molecule has 6 heteroatoms. The molecule has 4 rings (SSSR count). The number of alkyl halides is 2. The van der Waals surface area contributed by atoms with Crippen molar-refractivity contribution in [1.82, 2.24) is 9.97 Å². The number of halogens is 2. The van der Waals surface area contributed by atoms with Gasteiger partial charge in [-0.05, 0) is 23.8 Å². The number of hydrogen-bond donors (Lipinski definition) is 0. The summed E-state index contributed by atoms with van der Waals surface area (Å²) in [7, 11) is 1.52. The molecule has 0 fully saturated rings. The Kier molecular flexibility index (Phi) is 6.08. The molecular weight excluding hydrogens is 396 g/mol. The number of pyridine rings is 2. The van der Waals surface area contributed by atoms with Gasteiger partial charge in [-0.25, -0.2) is 23.7 Å². The van der Waals surface area contributed by atoms with Crippen LogP contribution in [0.15, 0.2) is 96.1 Å². The molecule has 0 unspecified atom stereocenters. The van der Waals surface area contributed by atoms with Gasteiger partial charge in [-0.15, -0.1) is 0 Å². The van der Waals surface area contributed by atoms with Gasteiger partial charge in [0.25, 0.3) is 6.43 Å². The summed E-state index contributed by atoms with van der Waals surface area (Å²) in [5, 5.41) is 0. The van der Waals surface area contributed by atoms with E-state index >= 15 is 0 Å². The Morgan fingerprint density at radius 3 is 2.10 bits per heavy atom. The number of ether oxygens (including phenoxy) is 1. The predicted molar refractivity (Wildman–Crippen MR) is 117 cm³/mol. The first-order valence-electron chi connectivity index (χ1n) is 9.65. The van der Waals surface area contributed by atoms with Gasteiger partial charge in [0.15, 0.2) is 5.82 Å². The third-order valence-electron chi connectivity index (χ3n) is 4.69. The summed E-state index contributed by atoms with van der Waals surface area (Å²) in [6.07, 6.45) is -1.11. The Bertz CT molecular complexity index is 1150. The topological polar surface area (TPSA) is 47.4 Å².